The highest BCUT2D eigenvalue weighted by atomic mass is 16.7. The summed E-state index contributed by atoms with van der Waals surface area (Å²) < 4.78 is 28.5. The van der Waals surface area contributed by atoms with E-state index in [0.717, 1.165) is 47.9 Å². The summed E-state index contributed by atoms with van der Waals surface area (Å²) >= 11 is 0. The number of methoxy groups -OCH3 is 2. The van der Waals surface area contributed by atoms with Crippen molar-refractivity contribution in [3.05, 3.63) is 47.0 Å². The Balaban J connectivity index is 1.64. The summed E-state index contributed by atoms with van der Waals surface area (Å²) in [7, 11) is 3.33. The lowest BCUT2D eigenvalue weighted by Gasteiger charge is -2.37. The average Bonchev–Trinajstić information content (AvgIpc) is 3.30. The number of fused-ring (bicyclic) bond motifs is 2. The number of aliphatic imine (C=N–C) groups is 1. The Morgan fingerprint density at radius 3 is 2.44 bits per heavy atom. The summed E-state index contributed by atoms with van der Waals surface area (Å²) in [5, 5.41) is 0. The fraction of sp³-hybridized carbons (Fsp3) is 0.552. The molecule has 4 rings (SSSR count). The molecule has 0 N–H and O–H groups in total. The average molecular weight is 497 g/mol. The molecule has 0 spiro atoms. The highest BCUT2D eigenvalue weighted by Gasteiger charge is 2.30. The third-order valence-electron chi connectivity index (χ3n) is 6.77. The molecular weight excluding hydrogens is 456 g/mol. The van der Waals surface area contributed by atoms with Crippen molar-refractivity contribution in [2.24, 2.45) is 10.9 Å². The molecule has 7 nitrogen and oxygen atoms in total. The van der Waals surface area contributed by atoms with Crippen molar-refractivity contribution in [1.29, 1.82) is 0 Å². The molecule has 0 aliphatic carbocycles. The molecule has 2 aliphatic rings. The second kappa shape index (κ2) is 11.0. The lowest BCUT2D eigenvalue weighted by atomic mass is 9.88. The van der Waals surface area contributed by atoms with Crippen LogP contribution >= 0.6 is 0 Å². The van der Waals surface area contributed by atoms with Gasteiger partial charge in [-0.3, -0.25) is 4.99 Å². The second-order valence-electron chi connectivity index (χ2n) is 10.8. The second-order valence-corrected chi connectivity index (χ2v) is 10.8. The van der Waals surface area contributed by atoms with Gasteiger partial charge in [-0.25, -0.2) is 0 Å². The summed E-state index contributed by atoms with van der Waals surface area (Å²) in [5.41, 5.74) is 3.52. The first kappa shape index (κ1) is 26.1. The molecule has 0 amide bonds. The first-order chi connectivity index (χ1) is 17.2. The number of rotatable bonds is 9. The van der Waals surface area contributed by atoms with Crippen molar-refractivity contribution in [2.75, 3.05) is 34.2 Å². The summed E-state index contributed by atoms with van der Waals surface area (Å²) in [6.45, 7) is 12.4. The molecular formula is C29H40N2O5. The van der Waals surface area contributed by atoms with Crippen molar-refractivity contribution >= 4 is 6.34 Å². The SMILES string of the molecule is COc1ccc(C[C@H]2c3cc4c(cc3CCN2C=N[C@H](COC(C)(C)C)C(C)C)OCO4)cc1OC. The summed E-state index contributed by atoms with van der Waals surface area (Å²) in [5.74, 6) is 3.48. The van der Waals surface area contributed by atoms with Gasteiger partial charge in [-0.1, -0.05) is 19.9 Å². The van der Waals surface area contributed by atoms with E-state index in [9.17, 15) is 0 Å². The van der Waals surface area contributed by atoms with E-state index in [2.05, 4.69) is 63.8 Å². The summed E-state index contributed by atoms with van der Waals surface area (Å²) in [6.07, 6.45) is 3.75. The molecule has 7 heteroatoms. The molecule has 0 unspecified atom stereocenters. The highest BCUT2D eigenvalue weighted by molar-refractivity contribution is 5.60. The van der Waals surface area contributed by atoms with Gasteiger partial charge in [-0.15, -0.1) is 0 Å². The Kier molecular flexibility index (Phi) is 7.98. The van der Waals surface area contributed by atoms with Gasteiger partial charge in [0.1, 0.15) is 0 Å². The monoisotopic (exact) mass is 496 g/mol. The standard InChI is InChI=1S/C29H40N2O5/c1-19(2)23(16-36-29(3,4)5)30-17-31-11-10-21-14-27-28(35-18-34-27)15-22(21)24(31)12-20-8-9-25(32-6)26(13-20)33-7/h8-9,13-15,17,19,23-24H,10-12,16,18H2,1-7H3/t23-,24+/m1/s1. The molecule has 2 aromatic carbocycles. The van der Waals surface area contributed by atoms with E-state index in [0.29, 0.717) is 12.5 Å². The minimum atomic E-state index is -0.189. The van der Waals surface area contributed by atoms with Crippen molar-refractivity contribution in [3.8, 4) is 23.0 Å². The van der Waals surface area contributed by atoms with Gasteiger partial charge < -0.3 is 28.6 Å². The minimum Gasteiger partial charge on any atom is -0.493 e. The molecule has 36 heavy (non-hydrogen) atoms. The number of hydrogen-bond acceptors (Lipinski definition) is 6. The van der Waals surface area contributed by atoms with Gasteiger partial charge in [0, 0.05) is 6.54 Å². The lowest BCUT2D eigenvalue weighted by molar-refractivity contribution is -0.0145. The molecule has 0 saturated carbocycles. The number of nitrogens with zero attached hydrogens (tertiary/aromatic N) is 2. The predicted molar refractivity (Wildman–Crippen MR) is 142 cm³/mol. The van der Waals surface area contributed by atoms with Crippen LogP contribution in [-0.4, -0.2) is 57.0 Å². The Bertz CT molecular complexity index is 1080. The van der Waals surface area contributed by atoms with E-state index in [1.165, 1.54) is 11.1 Å². The van der Waals surface area contributed by atoms with Gasteiger partial charge in [0.15, 0.2) is 23.0 Å². The van der Waals surface area contributed by atoms with Crippen LogP contribution in [0.4, 0.5) is 0 Å². The molecule has 0 aromatic heterocycles. The highest BCUT2D eigenvalue weighted by Crippen LogP contribution is 2.41. The smallest absolute Gasteiger partial charge is 0.231 e. The van der Waals surface area contributed by atoms with Gasteiger partial charge >= 0.3 is 0 Å². The van der Waals surface area contributed by atoms with Crippen molar-refractivity contribution < 1.29 is 23.7 Å². The molecule has 0 fully saturated rings. The maximum atomic E-state index is 6.08. The predicted octanol–water partition coefficient (Wildman–Crippen LogP) is 5.44. The Morgan fingerprint density at radius 1 is 1.06 bits per heavy atom. The molecule has 2 heterocycles. The zero-order valence-corrected chi connectivity index (χ0v) is 22.7. The molecule has 0 radical (unpaired) electrons. The zero-order chi connectivity index (χ0) is 25.9. The van der Waals surface area contributed by atoms with E-state index in [-0.39, 0.29) is 24.5 Å². The van der Waals surface area contributed by atoms with Crippen molar-refractivity contribution in [2.45, 2.75) is 65.1 Å². The van der Waals surface area contributed by atoms with Gasteiger partial charge in [-0.2, -0.15) is 0 Å². The van der Waals surface area contributed by atoms with Crippen LogP contribution in [0.2, 0.25) is 0 Å². The Morgan fingerprint density at radius 2 is 1.78 bits per heavy atom. The first-order valence-electron chi connectivity index (χ1n) is 12.7. The van der Waals surface area contributed by atoms with Crippen LogP contribution in [0.25, 0.3) is 0 Å². The first-order valence-corrected chi connectivity index (χ1v) is 12.7. The fourth-order valence-electron chi connectivity index (χ4n) is 4.62. The van der Waals surface area contributed by atoms with Crippen LogP contribution < -0.4 is 18.9 Å². The molecule has 2 aliphatic heterocycles. The zero-order valence-electron chi connectivity index (χ0n) is 22.7. The van der Waals surface area contributed by atoms with E-state index >= 15 is 0 Å². The van der Waals surface area contributed by atoms with Crippen LogP contribution in [-0.2, 0) is 17.6 Å². The fourth-order valence-corrected chi connectivity index (χ4v) is 4.62. The van der Waals surface area contributed by atoms with Crippen molar-refractivity contribution in [1.82, 2.24) is 4.90 Å². The number of benzene rings is 2. The van der Waals surface area contributed by atoms with Crippen LogP contribution in [0.3, 0.4) is 0 Å². The van der Waals surface area contributed by atoms with E-state index in [1.807, 2.05) is 12.4 Å². The molecule has 0 saturated heterocycles. The van der Waals surface area contributed by atoms with Crippen LogP contribution in [0.5, 0.6) is 23.0 Å². The maximum absolute atomic E-state index is 6.08. The summed E-state index contributed by atoms with van der Waals surface area (Å²) in [6, 6.07) is 10.6. The van der Waals surface area contributed by atoms with Crippen LogP contribution in [0, 0.1) is 5.92 Å². The lowest BCUT2D eigenvalue weighted by Crippen LogP contribution is -2.37. The molecule has 196 valence electrons. The Labute approximate surface area is 215 Å². The summed E-state index contributed by atoms with van der Waals surface area (Å²) in [4.78, 5) is 7.38. The van der Waals surface area contributed by atoms with Gasteiger partial charge in [-0.05, 0) is 80.5 Å². The van der Waals surface area contributed by atoms with Crippen LogP contribution in [0.1, 0.15) is 57.4 Å². The van der Waals surface area contributed by atoms with E-state index < -0.39 is 0 Å². The molecule has 0 bridgehead atoms. The quantitative estimate of drug-likeness (QED) is 0.340. The third-order valence-corrected chi connectivity index (χ3v) is 6.77. The normalized spacial score (nSPS) is 18.0. The molecule has 2 aromatic rings. The largest absolute Gasteiger partial charge is 0.493 e. The van der Waals surface area contributed by atoms with Gasteiger partial charge in [0.05, 0.1) is 44.8 Å². The van der Waals surface area contributed by atoms with Gasteiger partial charge in [0.25, 0.3) is 0 Å². The Hall–Kier alpha value is -2.93. The van der Waals surface area contributed by atoms with Gasteiger partial charge in [0.2, 0.25) is 6.79 Å². The van der Waals surface area contributed by atoms with Crippen molar-refractivity contribution in [3.63, 3.8) is 0 Å². The number of ether oxygens (including phenoxy) is 5. The van der Waals surface area contributed by atoms with E-state index in [1.54, 1.807) is 14.2 Å². The van der Waals surface area contributed by atoms with E-state index in [4.69, 9.17) is 28.7 Å². The van der Waals surface area contributed by atoms with Crippen LogP contribution in [0.15, 0.2) is 35.3 Å². The number of hydrogen-bond donors (Lipinski definition) is 0. The minimum absolute atomic E-state index is 0.0871. The topological polar surface area (TPSA) is 61.8 Å². The maximum Gasteiger partial charge on any atom is 0.231 e. The third kappa shape index (κ3) is 6.06. The molecule has 2 atom stereocenters.